The lowest BCUT2D eigenvalue weighted by Gasteiger charge is -2.18. The van der Waals surface area contributed by atoms with Crippen molar-refractivity contribution in [1.29, 1.82) is 0 Å². The van der Waals surface area contributed by atoms with Crippen molar-refractivity contribution in [3.8, 4) is 0 Å². The van der Waals surface area contributed by atoms with Crippen LogP contribution in [0.5, 0.6) is 0 Å². The third-order valence-corrected chi connectivity index (χ3v) is 3.71. The van der Waals surface area contributed by atoms with Gasteiger partial charge < -0.3 is 10.1 Å². The number of carbonyl (C=O) groups is 1. The maximum atomic E-state index is 11.9. The summed E-state index contributed by atoms with van der Waals surface area (Å²) in [6.07, 6.45) is 4.16. The molecule has 3 nitrogen and oxygen atoms in total. The van der Waals surface area contributed by atoms with Gasteiger partial charge in [-0.25, -0.2) is 0 Å². The van der Waals surface area contributed by atoms with Crippen molar-refractivity contribution in [2.45, 2.75) is 45.6 Å². The lowest BCUT2D eigenvalue weighted by molar-refractivity contribution is -0.126. The van der Waals surface area contributed by atoms with Crippen LogP contribution in [-0.4, -0.2) is 31.0 Å². The van der Waals surface area contributed by atoms with Gasteiger partial charge in [0.25, 0.3) is 0 Å². The maximum absolute atomic E-state index is 11.9. The van der Waals surface area contributed by atoms with E-state index in [2.05, 4.69) is 12.2 Å². The molecular formula is C13H24ClNO2. The van der Waals surface area contributed by atoms with Crippen molar-refractivity contribution in [3.63, 3.8) is 0 Å². The molecule has 17 heavy (non-hydrogen) atoms. The van der Waals surface area contributed by atoms with Crippen molar-refractivity contribution in [1.82, 2.24) is 5.32 Å². The Morgan fingerprint density at radius 3 is 2.82 bits per heavy atom. The second-order valence-electron chi connectivity index (χ2n) is 4.85. The number of carbonyl (C=O) groups excluding carboxylic acids is 1. The Hall–Kier alpha value is -0.280. The predicted molar refractivity (Wildman–Crippen MR) is 70.3 cm³/mol. The number of nitrogens with one attached hydrogen (secondary N) is 1. The number of alkyl halides is 1. The summed E-state index contributed by atoms with van der Waals surface area (Å²) in [5.41, 5.74) is 0. The van der Waals surface area contributed by atoms with Crippen LogP contribution in [0.3, 0.4) is 0 Å². The molecule has 3 unspecified atom stereocenters. The quantitative estimate of drug-likeness (QED) is 0.716. The fraction of sp³-hybridized carbons (Fsp3) is 0.923. The van der Waals surface area contributed by atoms with Crippen molar-refractivity contribution in [2.24, 2.45) is 11.8 Å². The first-order chi connectivity index (χ1) is 8.19. The molecule has 1 aliphatic rings. The summed E-state index contributed by atoms with van der Waals surface area (Å²) >= 11 is 5.76. The number of ether oxygens (including phenoxy) is 1. The lowest BCUT2D eigenvalue weighted by Crippen LogP contribution is -2.37. The molecule has 1 heterocycles. The minimum atomic E-state index is 0.0354. The van der Waals surface area contributed by atoms with E-state index in [0.717, 1.165) is 32.2 Å². The van der Waals surface area contributed by atoms with E-state index >= 15 is 0 Å². The first-order valence-electron chi connectivity index (χ1n) is 6.64. The molecule has 100 valence electrons. The molecule has 1 aliphatic heterocycles. The second-order valence-corrected chi connectivity index (χ2v) is 5.23. The summed E-state index contributed by atoms with van der Waals surface area (Å²) in [4.78, 5) is 11.9. The van der Waals surface area contributed by atoms with Crippen LogP contribution in [0, 0.1) is 11.8 Å². The Labute approximate surface area is 109 Å². The molecule has 0 aromatic rings. The Kier molecular flexibility index (Phi) is 6.90. The third kappa shape index (κ3) is 4.84. The van der Waals surface area contributed by atoms with Gasteiger partial charge in [0.15, 0.2) is 0 Å². The maximum Gasteiger partial charge on any atom is 0.225 e. The zero-order chi connectivity index (χ0) is 12.7. The Morgan fingerprint density at radius 1 is 1.53 bits per heavy atom. The highest BCUT2D eigenvalue weighted by Gasteiger charge is 2.30. The summed E-state index contributed by atoms with van der Waals surface area (Å²) in [5, 5.41) is 3.05. The Bertz CT molecular complexity index is 229. The molecule has 1 saturated heterocycles. The summed E-state index contributed by atoms with van der Waals surface area (Å²) in [6, 6.07) is 0. The SMILES string of the molecule is CCCC(CCCl)CNC(=O)C1CCOC1C. The molecule has 1 N–H and O–H groups in total. The average Bonchev–Trinajstić information content (AvgIpc) is 2.72. The molecule has 1 fully saturated rings. The number of rotatable bonds is 7. The van der Waals surface area contributed by atoms with Gasteiger partial charge in [-0.1, -0.05) is 13.3 Å². The zero-order valence-electron chi connectivity index (χ0n) is 10.9. The highest BCUT2D eigenvalue weighted by molar-refractivity contribution is 6.17. The normalized spacial score (nSPS) is 25.8. The lowest BCUT2D eigenvalue weighted by atomic mass is 9.98. The number of hydrogen-bond acceptors (Lipinski definition) is 2. The molecule has 0 aromatic heterocycles. The smallest absolute Gasteiger partial charge is 0.225 e. The third-order valence-electron chi connectivity index (χ3n) is 3.49. The Morgan fingerprint density at radius 2 is 2.29 bits per heavy atom. The van der Waals surface area contributed by atoms with Crippen molar-refractivity contribution in [2.75, 3.05) is 19.0 Å². The molecule has 0 saturated carbocycles. The van der Waals surface area contributed by atoms with Crippen LogP contribution in [-0.2, 0) is 9.53 Å². The van der Waals surface area contributed by atoms with Crippen LogP contribution in [0.2, 0.25) is 0 Å². The van der Waals surface area contributed by atoms with Gasteiger partial charge >= 0.3 is 0 Å². The van der Waals surface area contributed by atoms with E-state index in [0.29, 0.717) is 18.4 Å². The van der Waals surface area contributed by atoms with E-state index in [9.17, 15) is 4.79 Å². The van der Waals surface area contributed by atoms with Crippen LogP contribution in [0.25, 0.3) is 0 Å². The van der Waals surface area contributed by atoms with E-state index in [-0.39, 0.29) is 17.9 Å². The molecule has 1 amide bonds. The van der Waals surface area contributed by atoms with E-state index < -0.39 is 0 Å². The van der Waals surface area contributed by atoms with Crippen molar-refractivity contribution >= 4 is 17.5 Å². The monoisotopic (exact) mass is 261 g/mol. The van der Waals surface area contributed by atoms with Crippen molar-refractivity contribution < 1.29 is 9.53 Å². The first-order valence-corrected chi connectivity index (χ1v) is 7.17. The second kappa shape index (κ2) is 7.93. The number of halogens is 1. The molecule has 3 atom stereocenters. The van der Waals surface area contributed by atoms with Gasteiger partial charge in [-0.2, -0.15) is 0 Å². The van der Waals surface area contributed by atoms with E-state index in [1.54, 1.807) is 0 Å². The fourth-order valence-corrected chi connectivity index (χ4v) is 2.67. The van der Waals surface area contributed by atoms with Crippen LogP contribution < -0.4 is 5.32 Å². The largest absolute Gasteiger partial charge is 0.378 e. The molecule has 0 bridgehead atoms. The van der Waals surface area contributed by atoms with Gasteiger partial charge in [-0.05, 0) is 32.1 Å². The molecule has 0 radical (unpaired) electrons. The predicted octanol–water partition coefficient (Wildman–Crippen LogP) is 2.57. The highest BCUT2D eigenvalue weighted by atomic mass is 35.5. The molecule has 0 aliphatic carbocycles. The topological polar surface area (TPSA) is 38.3 Å². The van der Waals surface area contributed by atoms with Crippen molar-refractivity contribution in [3.05, 3.63) is 0 Å². The van der Waals surface area contributed by atoms with Gasteiger partial charge in [-0.3, -0.25) is 4.79 Å². The minimum absolute atomic E-state index is 0.0354. The Balaban J connectivity index is 2.29. The first kappa shape index (κ1) is 14.8. The molecule has 0 aromatic carbocycles. The zero-order valence-corrected chi connectivity index (χ0v) is 11.6. The number of amides is 1. The van der Waals surface area contributed by atoms with E-state index in [4.69, 9.17) is 16.3 Å². The summed E-state index contributed by atoms with van der Waals surface area (Å²) < 4.78 is 5.41. The molecule has 4 heteroatoms. The molecular weight excluding hydrogens is 238 g/mol. The van der Waals surface area contributed by atoms with Gasteiger partial charge in [0.2, 0.25) is 5.91 Å². The highest BCUT2D eigenvalue weighted by Crippen LogP contribution is 2.20. The van der Waals surface area contributed by atoms with E-state index in [1.807, 2.05) is 6.92 Å². The minimum Gasteiger partial charge on any atom is -0.378 e. The molecule has 0 spiro atoms. The van der Waals surface area contributed by atoms with Gasteiger partial charge in [0.1, 0.15) is 0 Å². The van der Waals surface area contributed by atoms with Gasteiger partial charge in [0.05, 0.1) is 12.0 Å². The van der Waals surface area contributed by atoms with E-state index in [1.165, 1.54) is 0 Å². The average molecular weight is 262 g/mol. The van der Waals surface area contributed by atoms with Gasteiger partial charge in [0, 0.05) is 19.0 Å². The number of hydrogen-bond donors (Lipinski definition) is 1. The van der Waals surface area contributed by atoms with Gasteiger partial charge in [-0.15, -0.1) is 11.6 Å². The summed E-state index contributed by atoms with van der Waals surface area (Å²) in [5.74, 6) is 1.36. The molecule has 1 rings (SSSR count). The fourth-order valence-electron chi connectivity index (χ4n) is 2.36. The van der Waals surface area contributed by atoms with Crippen LogP contribution in [0.1, 0.15) is 39.5 Å². The summed E-state index contributed by atoms with van der Waals surface area (Å²) in [6.45, 7) is 5.59. The van der Waals surface area contributed by atoms with Crippen LogP contribution in [0.4, 0.5) is 0 Å². The standard InChI is InChI=1S/C13H24ClNO2/c1-3-4-11(5-7-14)9-15-13(16)12-6-8-17-10(12)2/h10-12H,3-9H2,1-2H3,(H,15,16). The van der Waals surface area contributed by atoms with Crippen LogP contribution >= 0.6 is 11.6 Å². The summed E-state index contributed by atoms with van der Waals surface area (Å²) in [7, 11) is 0. The van der Waals surface area contributed by atoms with Crippen LogP contribution in [0.15, 0.2) is 0 Å².